The van der Waals surface area contributed by atoms with Crippen molar-refractivity contribution in [2.24, 2.45) is 23.7 Å². The number of anilines is 3. The number of carboxylic acid groups (broad SMARTS) is 1. The predicted octanol–water partition coefficient (Wildman–Crippen LogP) is 9.27. The van der Waals surface area contributed by atoms with Gasteiger partial charge in [0.1, 0.15) is 6.04 Å². The lowest BCUT2D eigenvalue weighted by Crippen LogP contribution is -2.47. The second-order valence-electron chi connectivity index (χ2n) is 18.8. The van der Waals surface area contributed by atoms with Crippen LogP contribution in [0.1, 0.15) is 67.9 Å². The molecule has 4 atom stereocenters. The quantitative estimate of drug-likeness (QED) is 0.113. The van der Waals surface area contributed by atoms with Gasteiger partial charge in [0, 0.05) is 38.2 Å². The van der Waals surface area contributed by atoms with Gasteiger partial charge in [0.25, 0.3) is 0 Å². The fraction of sp³-hybridized carbons (Fsp3) is 0.500. The molecule has 0 saturated carbocycles. The Morgan fingerprint density at radius 1 is 0.426 bits per heavy atom. The van der Waals surface area contributed by atoms with E-state index in [2.05, 4.69) is 64.2 Å². The van der Waals surface area contributed by atoms with E-state index in [1.54, 1.807) is 33.7 Å². The Morgan fingerprint density at radius 2 is 0.691 bits per heavy atom. The molecular weight excluding hydrogens is 851 g/mol. The van der Waals surface area contributed by atoms with Crippen molar-refractivity contribution in [2.75, 3.05) is 85.2 Å². The van der Waals surface area contributed by atoms with E-state index in [1.807, 2.05) is 191 Å². The third kappa shape index (κ3) is 22.1. The van der Waals surface area contributed by atoms with E-state index in [-0.39, 0.29) is 53.7 Å². The zero-order valence-corrected chi connectivity index (χ0v) is 45.1. The van der Waals surface area contributed by atoms with Crippen molar-refractivity contribution in [3.8, 4) is 0 Å². The predicted molar refractivity (Wildman–Crippen MR) is 288 cm³/mol. The standard InChI is InChI=1S/2C14H22N2O.C13H20N2O.C8H10.C7H15NO2/c2*1-11(2)13(15(3)4)14(17)16(5)12-9-7-6-8-10-12;1-10(2)12(14-3)13(16)15(4)11-8-6-5-7-9-11;1-2-8-6-4-3-5-7-8;1-5(2)6(7(9)10)8(3)4/h2*6-11,13H,1-5H3;5-10,12,14H,1-4H3;3-7H,2H2,1H3;5-6H,1-4H3,(H,9,10)/t2*13-;12-;;6-/m000.0/s1. The van der Waals surface area contributed by atoms with Gasteiger partial charge < -0.3 is 25.1 Å². The molecule has 0 aliphatic carbocycles. The number of nitrogens with one attached hydrogen (secondary N) is 1. The number of benzene rings is 4. The summed E-state index contributed by atoms with van der Waals surface area (Å²) in [5.41, 5.74) is 4.20. The summed E-state index contributed by atoms with van der Waals surface area (Å²) < 4.78 is 0. The first kappa shape index (κ1) is 62.6. The molecule has 0 aromatic heterocycles. The van der Waals surface area contributed by atoms with E-state index < -0.39 is 5.97 Å². The molecule has 0 unspecified atom stereocenters. The van der Waals surface area contributed by atoms with Gasteiger partial charge >= 0.3 is 5.97 Å². The lowest BCUT2D eigenvalue weighted by atomic mass is 10.0. The van der Waals surface area contributed by atoms with Crippen LogP contribution in [0.2, 0.25) is 0 Å². The Balaban J connectivity index is 0.000000846. The minimum Gasteiger partial charge on any atom is -0.480 e. The molecular formula is C56H89N7O5. The number of aliphatic carboxylic acids is 1. The van der Waals surface area contributed by atoms with Crippen LogP contribution < -0.4 is 20.0 Å². The van der Waals surface area contributed by atoms with Crippen LogP contribution in [0.5, 0.6) is 0 Å². The number of carboxylic acids is 1. The molecule has 0 radical (unpaired) electrons. The minimum absolute atomic E-state index is 0.0831. The summed E-state index contributed by atoms with van der Waals surface area (Å²) >= 11 is 0. The molecule has 0 spiro atoms. The van der Waals surface area contributed by atoms with Crippen molar-refractivity contribution in [1.82, 2.24) is 20.0 Å². The molecule has 0 fully saturated rings. The molecule has 0 saturated heterocycles. The zero-order chi connectivity index (χ0) is 52.3. The van der Waals surface area contributed by atoms with Crippen LogP contribution in [0.15, 0.2) is 121 Å². The van der Waals surface area contributed by atoms with Crippen LogP contribution in [0.3, 0.4) is 0 Å². The number of amides is 3. The van der Waals surface area contributed by atoms with Crippen LogP contribution in [-0.2, 0) is 25.6 Å². The maximum absolute atomic E-state index is 12.4. The Morgan fingerprint density at radius 3 is 0.868 bits per heavy atom. The van der Waals surface area contributed by atoms with Crippen LogP contribution in [0, 0.1) is 23.7 Å². The van der Waals surface area contributed by atoms with Gasteiger partial charge in [-0.1, -0.05) is 147 Å². The molecule has 2 N–H and O–H groups in total. The second kappa shape index (κ2) is 33.2. The number of carbonyl (C=O) groups excluding carboxylic acids is 3. The molecule has 3 amide bonds. The van der Waals surface area contributed by atoms with Crippen molar-refractivity contribution < 1.29 is 24.3 Å². The van der Waals surface area contributed by atoms with Crippen molar-refractivity contribution in [3.05, 3.63) is 127 Å². The molecule has 0 heterocycles. The summed E-state index contributed by atoms with van der Waals surface area (Å²) in [5.74, 6) is 0.652. The second-order valence-corrected chi connectivity index (χ2v) is 18.8. The smallest absolute Gasteiger partial charge is 0.321 e. The Labute approximate surface area is 412 Å². The molecule has 12 heteroatoms. The number of likely N-dealkylation sites (N-methyl/N-ethyl adjacent to an activating group) is 7. The Kier molecular flexibility index (Phi) is 30.5. The average Bonchev–Trinajstić information content (AvgIpc) is 3.29. The first-order valence-corrected chi connectivity index (χ1v) is 23.8. The van der Waals surface area contributed by atoms with E-state index in [0.29, 0.717) is 11.8 Å². The summed E-state index contributed by atoms with van der Waals surface area (Å²) in [6.45, 7) is 18.3. The largest absolute Gasteiger partial charge is 0.480 e. The van der Waals surface area contributed by atoms with Gasteiger partial charge in [0.15, 0.2) is 0 Å². The van der Waals surface area contributed by atoms with Gasteiger partial charge in [-0.15, -0.1) is 0 Å². The highest BCUT2D eigenvalue weighted by atomic mass is 16.4. The number of carbonyl (C=O) groups is 4. The molecule has 4 rings (SSSR count). The fourth-order valence-electron chi connectivity index (χ4n) is 7.70. The van der Waals surface area contributed by atoms with Crippen LogP contribution in [0.4, 0.5) is 17.1 Å². The monoisotopic (exact) mass is 940 g/mol. The van der Waals surface area contributed by atoms with Gasteiger partial charge in [0.2, 0.25) is 17.7 Å². The fourth-order valence-corrected chi connectivity index (χ4v) is 7.70. The van der Waals surface area contributed by atoms with Crippen LogP contribution in [-0.4, -0.2) is 138 Å². The van der Waals surface area contributed by atoms with E-state index in [4.69, 9.17) is 5.11 Å². The summed E-state index contributed by atoms with van der Waals surface area (Å²) in [6.07, 6.45) is 1.14. The highest BCUT2D eigenvalue weighted by molar-refractivity contribution is 5.98. The topological polar surface area (TPSA) is 120 Å². The summed E-state index contributed by atoms with van der Waals surface area (Å²) in [7, 11) is 18.6. The highest BCUT2D eigenvalue weighted by Gasteiger charge is 2.29. The molecule has 4 aromatic rings. The number of rotatable bonds is 16. The van der Waals surface area contributed by atoms with Gasteiger partial charge in [-0.05, 0) is 121 Å². The average molecular weight is 940 g/mol. The molecule has 4 aromatic carbocycles. The van der Waals surface area contributed by atoms with Crippen molar-refractivity contribution in [1.29, 1.82) is 0 Å². The van der Waals surface area contributed by atoms with E-state index in [9.17, 15) is 19.2 Å². The molecule has 0 aliphatic rings. The van der Waals surface area contributed by atoms with E-state index in [1.165, 1.54) is 5.56 Å². The summed E-state index contributed by atoms with van der Waals surface area (Å²) in [6, 6.07) is 39.0. The highest BCUT2D eigenvalue weighted by Crippen LogP contribution is 2.19. The number of hydrogen-bond acceptors (Lipinski definition) is 8. The maximum Gasteiger partial charge on any atom is 0.321 e. The van der Waals surface area contributed by atoms with Crippen molar-refractivity contribution in [2.45, 2.75) is 92.9 Å². The summed E-state index contributed by atoms with van der Waals surface area (Å²) in [5, 5.41) is 11.7. The van der Waals surface area contributed by atoms with E-state index >= 15 is 0 Å². The molecule has 12 nitrogen and oxygen atoms in total. The Hall–Kier alpha value is -5.40. The minimum atomic E-state index is -0.750. The van der Waals surface area contributed by atoms with Crippen molar-refractivity contribution in [3.63, 3.8) is 0 Å². The van der Waals surface area contributed by atoms with Crippen LogP contribution >= 0.6 is 0 Å². The van der Waals surface area contributed by atoms with E-state index in [0.717, 1.165) is 23.5 Å². The molecule has 0 bridgehead atoms. The van der Waals surface area contributed by atoms with Gasteiger partial charge in [-0.2, -0.15) is 0 Å². The number of nitrogens with zero attached hydrogens (tertiary/aromatic N) is 6. The molecule has 68 heavy (non-hydrogen) atoms. The number of hydrogen-bond donors (Lipinski definition) is 2. The molecule has 0 aliphatic heterocycles. The maximum atomic E-state index is 12.4. The van der Waals surface area contributed by atoms with Crippen LogP contribution in [0.25, 0.3) is 0 Å². The van der Waals surface area contributed by atoms with Gasteiger partial charge in [-0.3, -0.25) is 33.9 Å². The first-order chi connectivity index (χ1) is 31.9. The normalized spacial score (nSPS) is 12.6. The van der Waals surface area contributed by atoms with Crippen molar-refractivity contribution >= 4 is 40.8 Å². The van der Waals surface area contributed by atoms with Gasteiger partial charge in [-0.25, -0.2) is 0 Å². The molecule has 378 valence electrons. The third-order valence-electron chi connectivity index (χ3n) is 11.2. The zero-order valence-electron chi connectivity index (χ0n) is 45.1. The summed E-state index contributed by atoms with van der Waals surface area (Å²) in [4.78, 5) is 58.4. The lowest BCUT2D eigenvalue weighted by Gasteiger charge is -2.30. The Bertz CT molecular complexity index is 1860. The SMILES string of the molecule is CC(C)[C@@H](C(=O)N(C)c1ccccc1)N(C)C.CC(C)[C@@H](C(=O)N(C)c1ccccc1)N(C)C.CC(C)[C@@H](C(=O)O)N(C)C.CCc1ccccc1.CN[C@H](C(=O)N(C)c1ccccc1)C(C)C. The number of para-hydroxylation sites is 3. The van der Waals surface area contributed by atoms with Gasteiger partial charge in [0.05, 0.1) is 18.1 Å². The third-order valence-corrected chi connectivity index (χ3v) is 11.2. The number of aryl methyl sites for hydroxylation is 1. The lowest BCUT2D eigenvalue weighted by molar-refractivity contribution is -0.143. The first-order valence-electron chi connectivity index (χ1n) is 23.8.